The fourth-order valence-corrected chi connectivity index (χ4v) is 2.72. The second kappa shape index (κ2) is 9.20. The minimum absolute atomic E-state index is 0.0642. The van der Waals surface area contributed by atoms with Crippen LogP contribution in [0.5, 0.6) is 0 Å². The molecule has 1 aromatic carbocycles. The van der Waals surface area contributed by atoms with Gasteiger partial charge in [-0.1, -0.05) is 25.3 Å². The number of nitrogens with zero attached hydrogens (tertiary/aromatic N) is 1. The lowest BCUT2D eigenvalue weighted by atomic mass is 9.95. The zero-order valence-electron chi connectivity index (χ0n) is 14.0. The van der Waals surface area contributed by atoms with E-state index >= 15 is 0 Å². The van der Waals surface area contributed by atoms with E-state index in [1.54, 1.807) is 30.3 Å². The van der Waals surface area contributed by atoms with Crippen molar-refractivity contribution in [1.82, 2.24) is 10.4 Å². The molecule has 0 radical (unpaired) electrons. The molecule has 6 heteroatoms. The molecule has 0 unspecified atom stereocenters. The Labute approximate surface area is 142 Å². The number of likely N-dealkylation sites (N-methyl/N-ethyl adjacent to an activating group) is 1. The highest BCUT2D eigenvalue weighted by atomic mass is 16.5. The van der Waals surface area contributed by atoms with Crippen LogP contribution in [0, 0.1) is 0 Å². The van der Waals surface area contributed by atoms with E-state index < -0.39 is 0 Å². The molecule has 1 saturated carbocycles. The minimum Gasteiger partial charge on any atom is -0.349 e. The first-order valence-corrected chi connectivity index (χ1v) is 8.33. The van der Waals surface area contributed by atoms with Crippen LogP contribution in [0.4, 0.5) is 5.69 Å². The molecule has 24 heavy (non-hydrogen) atoms. The molecule has 6 nitrogen and oxygen atoms in total. The highest BCUT2D eigenvalue weighted by Crippen LogP contribution is 2.18. The van der Waals surface area contributed by atoms with Crippen LogP contribution < -0.4 is 10.6 Å². The third-order valence-corrected chi connectivity index (χ3v) is 3.99. The van der Waals surface area contributed by atoms with Crippen LogP contribution in [0.15, 0.2) is 36.4 Å². The molecule has 0 atom stereocenters. The summed E-state index contributed by atoms with van der Waals surface area (Å²) < 4.78 is 0. The lowest BCUT2D eigenvalue weighted by molar-refractivity contribution is -0.112. The van der Waals surface area contributed by atoms with Gasteiger partial charge in [-0.2, -0.15) is 5.06 Å². The highest BCUT2D eigenvalue weighted by Gasteiger charge is 2.16. The van der Waals surface area contributed by atoms with Crippen LogP contribution in [-0.2, 0) is 4.79 Å². The molecule has 1 fully saturated rings. The third-order valence-electron chi connectivity index (χ3n) is 3.99. The highest BCUT2D eigenvalue weighted by molar-refractivity contribution is 6.00. The van der Waals surface area contributed by atoms with Crippen LogP contribution in [0.3, 0.4) is 0 Å². The zero-order chi connectivity index (χ0) is 17.4. The summed E-state index contributed by atoms with van der Waals surface area (Å²) in [6.45, 7) is 0.272. The van der Waals surface area contributed by atoms with Crippen molar-refractivity contribution in [1.29, 1.82) is 0 Å². The number of amides is 2. The van der Waals surface area contributed by atoms with Crippen LogP contribution in [-0.4, -0.2) is 41.7 Å². The summed E-state index contributed by atoms with van der Waals surface area (Å²) in [5.41, 5.74) is 1.22. The van der Waals surface area contributed by atoms with Gasteiger partial charge in [0.1, 0.15) is 0 Å². The molecular formula is C18H25N3O3. The number of hydrogen-bond donors (Lipinski definition) is 3. The SMILES string of the molecule is CN(O)C/C=C/C(=O)Nc1ccc(C(=O)NC2CCCCC2)cc1. The number of nitrogens with one attached hydrogen (secondary N) is 2. The van der Waals surface area contributed by atoms with Crippen LogP contribution in [0.25, 0.3) is 0 Å². The van der Waals surface area contributed by atoms with Gasteiger partial charge >= 0.3 is 0 Å². The van der Waals surface area contributed by atoms with Gasteiger partial charge in [0, 0.05) is 37.0 Å². The summed E-state index contributed by atoms with van der Waals surface area (Å²) in [5.74, 6) is -0.345. The number of carbonyl (C=O) groups excluding carboxylic acids is 2. The fourth-order valence-electron chi connectivity index (χ4n) is 2.72. The Morgan fingerprint density at radius 1 is 1.21 bits per heavy atom. The third kappa shape index (κ3) is 6.14. The largest absolute Gasteiger partial charge is 0.349 e. The molecule has 1 aliphatic carbocycles. The van der Waals surface area contributed by atoms with Gasteiger partial charge in [0.25, 0.3) is 5.91 Å². The monoisotopic (exact) mass is 331 g/mol. The smallest absolute Gasteiger partial charge is 0.251 e. The Balaban J connectivity index is 1.84. The van der Waals surface area contributed by atoms with Crippen molar-refractivity contribution >= 4 is 17.5 Å². The Kier molecular flexibility index (Phi) is 6.96. The number of hydrogen-bond acceptors (Lipinski definition) is 4. The molecule has 0 spiro atoms. The maximum Gasteiger partial charge on any atom is 0.251 e. The molecule has 0 aromatic heterocycles. The van der Waals surface area contributed by atoms with Gasteiger partial charge in [-0.25, -0.2) is 0 Å². The molecule has 0 aliphatic heterocycles. The lowest BCUT2D eigenvalue weighted by Gasteiger charge is -2.22. The Bertz CT molecular complexity index is 576. The van der Waals surface area contributed by atoms with Crippen molar-refractivity contribution in [2.75, 3.05) is 18.9 Å². The van der Waals surface area contributed by atoms with Crippen molar-refractivity contribution in [3.8, 4) is 0 Å². The first kappa shape index (κ1) is 18.2. The summed E-state index contributed by atoms with van der Waals surface area (Å²) >= 11 is 0. The molecule has 0 saturated heterocycles. The van der Waals surface area contributed by atoms with E-state index in [-0.39, 0.29) is 24.4 Å². The molecular weight excluding hydrogens is 306 g/mol. The average Bonchev–Trinajstić information content (AvgIpc) is 2.56. The number of hydroxylamine groups is 2. The second-order valence-corrected chi connectivity index (χ2v) is 6.12. The van der Waals surface area contributed by atoms with Crippen LogP contribution in [0.2, 0.25) is 0 Å². The van der Waals surface area contributed by atoms with Gasteiger partial charge in [-0.3, -0.25) is 9.59 Å². The summed E-state index contributed by atoms with van der Waals surface area (Å²) in [5, 5.41) is 15.7. The quantitative estimate of drug-likeness (QED) is 0.553. The summed E-state index contributed by atoms with van der Waals surface area (Å²) in [4.78, 5) is 23.9. The van der Waals surface area contributed by atoms with E-state index in [0.717, 1.165) is 17.9 Å². The molecule has 1 aromatic rings. The molecule has 130 valence electrons. The predicted molar refractivity (Wildman–Crippen MR) is 93.0 cm³/mol. The number of benzene rings is 1. The number of carbonyl (C=O) groups is 2. The van der Waals surface area contributed by atoms with Gasteiger partial charge in [0.05, 0.1) is 0 Å². The van der Waals surface area contributed by atoms with E-state index in [1.165, 1.54) is 32.4 Å². The van der Waals surface area contributed by atoms with E-state index in [2.05, 4.69) is 10.6 Å². The van der Waals surface area contributed by atoms with Gasteiger partial charge in [0.2, 0.25) is 5.91 Å². The van der Waals surface area contributed by atoms with Crippen molar-refractivity contribution < 1.29 is 14.8 Å². The summed E-state index contributed by atoms with van der Waals surface area (Å²) in [6.07, 6.45) is 8.62. The van der Waals surface area contributed by atoms with Gasteiger partial charge < -0.3 is 15.8 Å². The summed E-state index contributed by atoms with van der Waals surface area (Å²) in [7, 11) is 1.50. The maximum absolute atomic E-state index is 12.2. The molecule has 1 aliphatic rings. The summed E-state index contributed by atoms with van der Waals surface area (Å²) in [6, 6.07) is 7.11. The Morgan fingerprint density at radius 2 is 1.88 bits per heavy atom. The van der Waals surface area contributed by atoms with Crippen molar-refractivity contribution in [2.45, 2.75) is 38.1 Å². The van der Waals surface area contributed by atoms with Crippen molar-refractivity contribution in [3.63, 3.8) is 0 Å². The second-order valence-electron chi connectivity index (χ2n) is 6.12. The molecule has 0 heterocycles. The minimum atomic E-state index is -0.281. The van der Waals surface area contributed by atoms with E-state index in [4.69, 9.17) is 5.21 Å². The maximum atomic E-state index is 12.2. The number of anilines is 1. The average molecular weight is 331 g/mol. The Hall–Kier alpha value is -2.18. The normalized spacial score (nSPS) is 15.6. The van der Waals surface area contributed by atoms with Crippen LogP contribution >= 0.6 is 0 Å². The van der Waals surface area contributed by atoms with E-state index in [1.807, 2.05) is 0 Å². The standard InChI is InChI=1S/C18H25N3O3/c1-21(24)13-5-8-17(22)19-16-11-9-14(10-12-16)18(23)20-15-6-3-2-4-7-15/h5,8-12,15,24H,2-4,6-7,13H2,1H3,(H,19,22)(H,20,23)/b8-5+. The van der Waals surface area contributed by atoms with Gasteiger partial charge in [-0.15, -0.1) is 0 Å². The van der Waals surface area contributed by atoms with Gasteiger partial charge in [-0.05, 0) is 37.1 Å². The number of rotatable bonds is 6. The van der Waals surface area contributed by atoms with Gasteiger partial charge in [0.15, 0.2) is 0 Å². The fraction of sp³-hybridized carbons (Fsp3) is 0.444. The zero-order valence-corrected chi connectivity index (χ0v) is 14.0. The van der Waals surface area contributed by atoms with Crippen LogP contribution in [0.1, 0.15) is 42.5 Å². The van der Waals surface area contributed by atoms with E-state index in [0.29, 0.717) is 11.3 Å². The molecule has 3 N–H and O–H groups in total. The molecule has 2 amide bonds. The predicted octanol–water partition coefficient (Wildman–Crippen LogP) is 2.56. The Morgan fingerprint density at radius 3 is 2.50 bits per heavy atom. The van der Waals surface area contributed by atoms with E-state index in [9.17, 15) is 9.59 Å². The topological polar surface area (TPSA) is 81.7 Å². The lowest BCUT2D eigenvalue weighted by Crippen LogP contribution is -2.36. The molecule has 2 rings (SSSR count). The van der Waals surface area contributed by atoms with Crippen molar-refractivity contribution in [2.24, 2.45) is 0 Å². The first-order valence-electron chi connectivity index (χ1n) is 8.33. The molecule has 0 bridgehead atoms. The first-order chi connectivity index (χ1) is 11.5. The van der Waals surface area contributed by atoms with Crippen molar-refractivity contribution in [3.05, 3.63) is 42.0 Å².